The lowest BCUT2D eigenvalue weighted by atomic mass is 9.91. The Balaban J connectivity index is 2.28. The molecule has 2 rings (SSSR count). The maximum Gasteiger partial charge on any atom is 0.335 e. The lowest BCUT2D eigenvalue weighted by molar-refractivity contribution is 0.0697. The van der Waals surface area contributed by atoms with Gasteiger partial charge in [0.25, 0.3) is 0 Å². The quantitative estimate of drug-likeness (QED) is 0.886. The standard InChI is InChI=1S/C17H20N2O2/c1-19(2)12-10-15(16-5-3-4-11-18-16)13-6-8-14(9-7-13)17(20)21/h3-9,11,15H,10,12H2,1-2H3,(H,20,21). The van der Waals surface area contributed by atoms with Crippen LogP contribution in [-0.4, -0.2) is 41.6 Å². The third-order valence-corrected chi connectivity index (χ3v) is 3.47. The van der Waals surface area contributed by atoms with Gasteiger partial charge in [-0.1, -0.05) is 18.2 Å². The van der Waals surface area contributed by atoms with E-state index in [4.69, 9.17) is 5.11 Å². The number of rotatable bonds is 6. The van der Waals surface area contributed by atoms with Crippen molar-refractivity contribution in [2.45, 2.75) is 12.3 Å². The van der Waals surface area contributed by atoms with Gasteiger partial charge >= 0.3 is 5.97 Å². The maximum atomic E-state index is 10.9. The molecule has 0 spiro atoms. The molecule has 0 radical (unpaired) electrons. The molecule has 4 heteroatoms. The highest BCUT2D eigenvalue weighted by Gasteiger charge is 2.16. The van der Waals surface area contributed by atoms with Crippen LogP contribution >= 0.6 is 0 Å². The van der Waals surface area contributed by atoms with E-state index in [1.165, 1.54) is 0 Å². The maximum absolute atomic E-state index is 10.9. The number of carboxylic acids is 1. The monoisotopic (exact) mass is 284 g/mol. The molecule has 0 amide bonds. The van der Waals surface area contributed by atoms with Crippen molar-refractivity contribution < 1.29 is 9.90 Å². The fourth-order valence-corrected chi connectivity index (χ4v) is 2.31. The van der Waals surface area contributed by atoms with Gasteiger partial charge in [0.2, 0.25) is 0 Å². The zero-order valence-electron chi connectivity index (χ0n) is 12.4. The van der Waals surface area contributed by atoms with Crippen molar-refractivity contribution in [2.75, 3.05) is 20.6 Å². The van der Waals surface area contributed by atoms with Crippen LogP contribution in [0.25, 0.3) is 0 Å². The minimum absolute atomic E-state index is 0.177. The molecule has 0 saturated carbocycles. The van der Waals surface area contributed by atoms with E-state index in [0.717, 1.165) is 24.2 Å². The van der Waals surface area contributed by atoms with Crippen LogP contribution in [0.15, 0.2) is 48.7 Å². The van der Waals surface area contributed by atoms with Gasteiger partial charge in [-0.3, -0.25) is 4.98 Å². The molecule has 1 atom stereocenters. The molecule has 21 heavy (non-hydrogen) atoms. The molecule has 0 fully saturated rings. The van der Waals surface area contributed by atoms with E-state index < -0.39 is 5.97 Å². The van der Waals surface area contributed by atoms with Crippen molar-refractivity contribution in [3.8, 4) is 0 Å². The fraction of sp³-hybridized carbons (Fsp3) is 0.294. The number of hydrogen-bond donors (Lipinski definition) is 1. The first-order valence-corrected chi connectivity index (χ1v) is 6.97. The minimum Gasteiger partial charge on any atom is -0.478 e. The van der Waals surface area contributed by atoms with Crippen molar-refractivity contribution in [3.05, 3.63) is 65.5 Å². The van der Waals surface area contributed by atoms with Gasteiger partial charge in [-0.05, 0) is 56.9 Å². The van der Waals surface area contributed by atoms with Crippen LogP contribution in [0, 0.1) is 0 Å². The normalized spacial score (nSPS) is 12.3. The third kappa shape index (κ3) is 4.13. The fourth-order valence-electron chi connectivity index (χ4n) is 2.31. The van der Waals surface area contributed by atoms with Crippen LogP contribution in [0.3, 0.4) is 0 Å². The highest BCUT2D eigenvalue weighted by atomic mass is 16.4. The van der Waals surface area contributed by atoms with Gasteiger partial charge < -0.3 is 10.0 Å². The highest BCUT2D eigenvalue weighted by Crippen LogP contribution is 2.26. The summed E-state index contributed by atoms with van der Waals surface area (Å²) in [5.74, 6) is -0.722. The summed E-state index contributed by atoms with van der Waals surface area (Å²) >= 11 is 0. The van der Waals surface area contributed by atoms with Gasteiger partial charge in [0.15, 0.2) is 0 Å². The van der Waals surface area contributed by atoms with Gasteiger partial charge in [-0.25, -0.2) is 4.79 Å². The molecule has 0 aliphatic heterocycles. The van der Waals surface area contributed by atoms with Crippen molar-refractivity contribution in [2.24, 2.45) is 0 Å². The first-order valence-electron chi connectivity index (χ1n) is 6.97. The Hall–Kier alpha value is -2.20. The number of aromatic carboxylic acids is 1. The van der Waals surface area contributed by atoms with E-state index in [2.05, 4.69) is 9.88 Å². The van der Waals surface area contributed by atoms with Gasteiger partial charge in [-0.2, -0.15) is 0 Å². The summed E-state index contributed by atoms with van der Waals surface area (Å²) in [6.07, 6.45) is 2.74. The molecule has 4 nitrogen and oxygen atoms in total. The van der Waals surface area contributed by atoms with Gasteiger partial charge in [0.1, 0.15) is 0 Å². The van der Waals surface area contributed by atoms with Crippen molar-refractivity contribution in [1.29, 1.82) is 0 Å². The molecule has 0 aliphatic rings. The second kappa shape index (κ2) is 6.99. The van der Waals surface area contributed by atoms with Crippen LogP contribution in [0.2, 0.25) is 0 Å². The van der Waals surface area contributed by atoms with Crippen LogP contribution in [0.5, 0.6) is 0 Å². The Morgan fingerprint density at radius 3 is 2.43 bits per heavy atom. The lowest BCUT2D eigenvalue weighted by Gasteiger charge is -2.19. The Morgan fingerprint density at radius 1 is 1.19 bits per heavy atom. The van der Waals surface area contributed by atoms with Crippen LogP contribution in [0.1, 0.15) is 34.0 Å². The second-order valence-electron chi connectivity index (χ2n) is 5.33. The Labute approximate surface area is 125 Å². The third-order valence-electron chi connectivity index (χ3n) is 3.47. The number of aromatic nitrogens is 1. The smallest absolute Gasteiger partial charge is 0.335 e. The minimum atomic E-state index is -0.899. The summed E-state index contributed by atoms with van der Waals surface area (Å²) in [4.78, 5) is 17.5. The summed E-state index contributed by atoms with van der Waals surface area (Å²) in [6, 6.07) is 13.0. The zero-order chi connectivity index (χ0) is 15.2. The molecule has 0 aliphatic carbocycles. The van der Waals surface area contributed by atoms with Crippen molar-refractivity contribution >= 4 is 5.97 Å². The summed E-state index contributed by atoms with van der Waals surface area (Å²) < 4.78 is 0. The number of nitrogens with zero attached hydrogens (tertiary/aromatic N) is 2. The van der Waals surface area contributed by atoms with E-state index in [1.54, 1.807) is 18.3 Å². The van der Waals surface area contributed by atoms with E-state index in [0.29, 0.717) is 5.56 Å². The Kier molecular flexibility index (Phi) is 5.06. The molecule has 1 unspecified atom stereocenters. The summed E-state index contributed by atoms with van der Waals surface area (Å²) in [6.45, 7) is 0.946. The van der Waals surface area contributed by atoms with Gasteiger partial charge in [-0.15, -0.1) is 0 Å². The average Bonchev–Trinajstić information content (AvgIpc) is 2.49. The summed E-state index contributed by atoms with van der Waals surface area (Å²) in [7, 11) is 4.09. The number of carboxylic acid groups (broad SMARTS) is 1. The molecule has 110 valence electrons. The predicted octanol–water partition coefficient (Wildman–Crippen LogP) is 2.86. The number of hydrogen-bond acceptors (Lipinski definition) is 3. The van der Waals surface area contributed by atoms with Crippen molar-refractivity contribution in [1.82, 2.24) is 9.88 Å². The average molecular weight is 284 g/mol. The molecule has 1 N–H and O–H groups in total. The Bertz CT molecular complexity index is 579. The van der Waals surface area contributed by atoms with Crippen LogP contribution < -0.4 is 0 Å². The van der Waals surface area contributed by atoms with Crippen LogP contribution in [0.4, 0.5) is 0 Å². The molecule has 0 saturated heterocycles. The van der Waals surface area contributed by atoms with E-state index in [1.807, 2.05) is 44.4 Å². The van der Waals surface area contributed by atoms with E-state index in [-0.39, 0.29) is 5.92 Å². The molecule has 1 aromatic heterocycles. The number of carbonyl (C=O) groups is 1. The van der Waals surface area contributed by atoms with Gasteiger partial charge in [0.05, 0.1) is 5.56 Å². The largest absolute Gasteiger partial charge is 0.478 e. The SMILES string of the molecule is CN(C)CCC(c1ccc(C(=O)O)cc1)c1ccccn1. The topological polar surface area (TPSA) is 53.4 Å². The Morgan fingerprint density at radius 2 is 1.90 bits per heavy atom. The first-order chi connectivity index (χ1) is 10.1. The lowest BCUT2D eigenvalue weighted by Crippen LogP contribution is -2.17. The molecule has 0 bridgehead atoms. The van der Waals surface area contributed by atoms with Crippen molar-refractivity contribution in [3.63, 3.8) is 0 Å². The molecular formula is C17H20N2O2. The predicted molar refractivity (Wildman–Crippen MR) is 82.7 cm³/mol. The summed E-state index contributed by atoms with van der Waals surface area (Å²) in [5.41, 5.74) is 2.43. The number of pyridine rings is 1. The molecule has 1 aromatic carbocycles. The number of benzene rings is 1. The second-order valence-corrected chi connectivity index (χ2v) is 5.33. The molecule has 1 heterocycles. The van der Waals surface area contributed by atoms with Gasteiger partial charge in [0, 0.05) is 17.8 Å². The van der Waals surface area contributed by atoms with E-state index in [9.17, 15) is 4.79 Å². The van der Waals surface area contributed by atoms with E-state index >= 15 is 0 Å². The van der Waals surface area contributed by atoms with Crippen LogP contribution in [-0.2, 0) is 0 Å². The first kappa shape index (κ1) is 15.2. The highest BCUT2D eigenvalue weighted by molar-refractivity contribution is 5.87. The summed E-state index contributed by atoms with van der Waals surface area (Å²) in [5, 5.41) is 8.99. The zero-order valence-corrected chi connectivity index (χ0v) is 12.4. The molecular weight excluding hydrogens is 264 g/mol. The molecule has 2 aromatic rings.